The third-order valence-corrected chi connectivity index (χ3v) is 6.55. The fraction of sp³-hybridized carbons (Fsp3) is 0.611. The maximum absolute atomic E-state index is 13.1. The van der Waals surface area contributed by atoms with Crippen LogP contribution in [0.2, 0.25) is 0 Å². The quantitative estimate of drug-likeness (QED) is 0.801. The van der Waals surface area contributed by atoms with E-state index in [1.54, 1.807) is 0 Å². The molecule has 1 aromatic carbocycles. The second kappa shape index (κ2) is 8.04. The summed E-state index contributed by atoms with van der Waals surface area (Å²) in [6.45, 7) is 4.96. The van der Waals surface area contributed by atoms with Gasteiger partial charge in [-0.1, -0.05) is 31.2 Å². The smallest absolute Gasteiger partial charge is 0.276 e. The predicted octanol–water partition coefficient (Wildman–Crippen LogP) is 0.637. The SMILES string of the molecule is CCc1ccc(C2CNCCN2C(=O)C2CCN(S(N)(=O)=O)CC2)cc1. The summed E-state index contributed by atoms with van der Waals surface area (Å²) in [7, 11) is -3.66. The zero-order valence-corrected chi connectivity index (χ0v) is 16.0. The van der Waals surface area contributed by atoms with Gasteiger partial charge in [0.25, 0.3) is 10.2 Å². The molecule has 2 aliphatic rings. The van der Waals surface area contributed by atoms with E-state index < -0.39 is 10.2 Å². The zero-order chi connectivity index (χ0) is 18.7. The van der Waals surface area contributed by atoms with Crippen LogP contribution in [0.3, 0.4) is 0 Å². The minimum Gasteiger partial charge on any atom is -0.333 e. The van der Waals surface area contributed by atoms with Crippen molar-refractivity contribution in [2.24, 2.45) is 11.1 Å². The Labute approximate surface area is 155 Å². The first-order valence-corrected chi connectivity index (χ1v) is 10.8. The monoisotopic (exact) mass is 380 g/mol. The van der Waals surface area contributed by atoms with E-state index in [2.05, 4.69) is 36.5 Å². The Morgan fingerprint density at radius 3 is 2.42 bits per heavy atom. The third-order valence-electron chi connectivity index (χ3n) is 5.46. The molecule has 0 aromatic heterocycles. The van der Waals surface area contributed by atoms with Gasteiger partial charge in [0.15, 0.2) is 0 Å². The average Bonchev–Trinajstić information content (AvgIpc) is 2.67. The topological polar surface area (TPSA) is 95.7 Å². The molecule has 8 heteroatoms. The number of hydrogen-bond donors (Lipinski definition) is 2. The standard InChI is InChI=1S/C18H28N4O3S/c1-2-14-3-5-15(6-4-14)17-13-20-9-12-22(17)18(23)16-7-10-21(11-8-16)26(19,24)25/h3-6,16-17,20H,2,7-13H2,1H3,(H2,19,24,25). The Morgan fingerprint density at radius 2 is 1.85 bits per heavy atom. The van der Waals surface area contributed by atoms with Gasteiger partial charge in [-0.05, 0) is 30.4 Å². The van der Waals surface area contributed by atoms with E-state index in [-0.39, 0.29) is 17.9 Å². The molecule has 0 aliphatic carbocycles. The molecule has 1 aromatic rings. The lowest BCUT2D eigenvalue weighted by molar-refractivity contribution is -0.140. The van der Waals surface area contributed by atoms with Gasteiger partial charge in [-0.25, -0.2) is 5.14 Å². The van der Waals surface area contributed by atoms with Crippen LogP contribution in [0.1, 0.15) is 36.9 Å². The first-order valence-electron chi connectivity index (χ1n) is 9.28. The number of nitrogens with zero attached hydrogens (tertiary/aromatic N) is 2. The number of piperidine rings is 1. The molecule has 0 radical (unpaired) electrons. The van der Waals surface area contributed by atoms with Crippen molar-refractivity contribution in [1.82, 2.24) is 14.5 Å². The summed E-state index contributed by atoms with van der Waals surface area (Å²) in [6.07, 6.45) is 2.05. The normalized spacial score (nSPS) is 23.2. The van der Waals surface area contributed by atoms with E-state index in [0.29, 0.717) is 32.5 Å². The maximum atomic E-state index is 13.1. The molecule has 2 aliphatic heterocycles. The van der Waals surface area contributed by atoms with E-state index >= 15 is 0 Å². The maximum Gasteiger partial charge on any atom is 0.276 e. The van der Waals surface area contributed by atoms with Crippen LogP contribution in [0, 0.1) is 5.92 Å². The van der Waals surface area contributed by atoms with Crippen molar-refractivity contribution in [3.63, 3.8) is 0 Å². The van der Waals surface area contributed by atoms with Gasteiger partial charge in [0.1, 0.15) is 0 Å². The summed E-state index contributed by atoms with van der Waals surface area (Å²) < 4.78 is 24.2. The van der Waals surface area contributed by atoms with Crippen molar-refractivity contribution in [2.45, 2.75) is 32.2 Å². The van der Waals surface area contributed by atoms with Gasteiger partial charge in [0.05, 0.1) is 6.04 Å². The molecule has 2 fully saturated rings. The summed E-state index contributed by atoms with van der Waals surface area (Å²) in [4.78, 5) is 15.1. The number of carbonyl (C=O) groups excluding carboxylic acids is 1. The van der Waals surface area contributed by atoms with Gasteiger partial charge in [-0.3, -0.25) is 4.79 Å². The molecular formula is C18H28N4O3S. The van der Waals surface area contributed by atoms with Gasteiger partial charge >= 0.3 is 0 Å². The summed E-state index contributed by atoms with van der Waals surface area (Å²) in [5.41, 5.74) is 2.43. The zero-order valence-electron chi connectivity index (χ0n) is 15.2. The molecular weight excluding hydrogens is 352 g/mol. The van der Waals surface area contributed by atoms with Crippen molar-refractivity contribution >= 4 is 16.1 Å². The number of amides is 1. The molecule has 0 bridgehead atoms. The summed E-state index contributed by atoms with van der Waals surface area (Å²) in [5, 5.41) is 8.57. The first kappa shape index (κ1) is 19.3. The van der Waals surface area contributed by atoms with Crippen molar-refractivity contribution in [2.75, 3.05) is 32.7 Å². The van der Waals surface area contributed by atoms with Crippen LogP contribution in [0.4, 0.5) is 0 Å². The summed E-state index contributed by atoms with van der Waals surface area (Å²) >= 11 is 0. The molecule has 2 heterocycles. The molecule has 0 spiro atoms. The number of benzene rings is 1. The Bertz CT molecular complexity index is 727. The highest BCUT2D eigenvalue weighted by Gasteiger charge is 2.35. The third kappa shape index (κ3) is 4.25. The molecule has 7 nitrogen and oxygen atoms in total. The molecule has 1 amide bonds. The van der Waals surface area contributed by atoms with E-state index in [9.17, 15) is 13.2 Å². The second-order valence-corrected chi connectivity index (χ2v) is 8.61. The van der Waals surface area contributed by atoms with E-state index in [1.807, 2.05) is 4.90 Å². The largest absolute Gasteiger partial charge is 0.333 e. The minimum absolute atomic E-state index is 0.0263. The van der Waals surface area contributed by atoms with Gasteiger partial charge in [0.2, 0.25) is 5.91 Å². The van der Waals surface area contributed by atoms with E-state index in [0.717, 1.165) is 25.1 Å². The van der Waals surface area contributed by atoms with Crippen molar-refractivity contribution in [3.05, 3.63) is 35.4 Å². The van der Waals surface area contributed by atoms with Crippen LogP contribution in [0.15, 0.2) is 24.3 Å². The molecule has 144 valence electrons. The highest BCUT2D eigenvalue weighted by molar-refractivity contribution is 7.86. The lowest BCUT2D eigenvalue weighted by Crippen LogP contribution is -2.52. The van der Waals surface area contributed by atoms with Crippen LogP contribution < -0.4 is 10.5 Å². The number of nitrogens with one attached hydrogen (secondary N) is 1. The summed E-state index contributed by atoms with van der Waals surface area (Å²) in [6, 6.07) is 8.49. The highest BCUT2D eigenvalue weighted by atomic mass is 32.2. The number of carbonyl (C=O) groups is 1. The highest BCUT2D eigenvalue weighted by Crippen LogP contribution is 2.28. The Kier molecular flexibility index (Phi) is 5.96. The average molecular weight is 381 g/mol. The predicted molar refractivity (Wildman–Crippen MR) is 101 cm³/mol. The van der Waals surface area contributed by atoms with Gasteiger partial charge in [0, 0.05) is 38.6 Å². The lowest BCUT2D eigenvalue weighted by Gasteiger charge is -2.40. The number of hydrogen-bond acceptors (Lipinski definition) is 4. The first-order chi connectivity index (χ1) is 12.4. The molecule has 1 atom stereocenters. The minimum atomic E-state index is -3.66. The Hall–Kier alpha value is -1.48. The second-order valence-electron chi connectivity index (χ2n) is 7.06. The molecule has 26 heavy (non-hydrogen) atoms. The fourth-order valence-corrected chi connectivity index (χ4v) is 4.55. The number of rotatable bonds is 4. The molecule has 1 unspecified atom stereocenters. The number of nitrogens with two attached hydrogens (primary N) is 1. The van der Waals surface area contributed by atoms with Crippen LogP contribution in [-0.2, 0) is 21.4 Å². The number of aryl methyl sites for hydroxylation is 1. The van der Waals surface area contributed by atoms with Crippen molar-refractivity contribution < 1.29 is 13.2 Å². The van der Waals surface area contributed by atoms with Crippen molar-refractivity contribution in [1.29, 1.82) is 0 Å². The Morgan fingerprint density at radius 1 is 1.19 bits per heavy atom. The van der Waals surface area contributed by atoms with Crippen LogP contribution in [-0.4, -0.2) is 56.3 Å². The molecule has 3 N–H and O–H groups in total. The molecule has 0 saturated carbocycles. The van der Waals surface area contributed by atoms with E-state index in [4.69, 9.17) is 5.14 Å². The van der Waals surface area contributed by atoms with Crippen molar-refractivity contribution in [3.8, 4) is 0 Å². The van der Waals surface area contributed by atoms with Gasteiger partial charge in [-0.15, -0.1) is 0 Å². The van der Waals surface area contributed by atoms with Gasteiger partial charge in [-0.2, -0.15) is 12.7 Å². The fourth-order valence-electron chi connectivity index (χ4n) is 3.83. The van der Waals surface area contributed by atoms with Crippen LogP contribution in [0.25, 0.3) is 0 Å². The molecule has 2 saturated heterocycles. The Balaban J connectivity index is 1.70. The summed E-state index contributed by atoms with van der Waals surface area (Å²) in [5.74, 6) is -0.00588. The lowest BCUT2D eigenvalue weighted by atomic mass is 9.93. The van der Waals surface area contributed by atoms with E-state index in [1.165, 1.54) is 9.87 Å². The molecule has 3 rings (SSSR count). The van der Waals surface area contributed by atoms with Gasteiger partial charge < -0.3 is 10.2 Å². The van der Waals surface area contributed by atoms with Crippen LogP contribution >= 0.6 is 0 Å². The van der Waals surface area contributed by atoms with Crippen LogP contribution in [0.5, 0.6) is 0 Å². The number of piperazine rings is 1.